The summed E-state index contributed by atoms with van der Waals surface area (Å²) >= 11 is 6.23. The molecule has 6 nitrogen and oxygen atoms in total. The molecule has 1 heterocycles. The largest absolute Gasteiger partial charge is 0.495 e. The molecule has 1 unspecified atom stereocenters. The summed E-state index contributed by atoms with van der Waals surface area (Å²) in [6.07, 6.45) is 2.02. The molecular weight excluding hydrogens is 500 g/mol. The van der Waals surface area contributed by atoms with Crippen LogP contribution in [0.25, 0.3) is 11.1 Å². The molecule has 0 saturated heterocycles. The highest BCUT2D eigenvalue weighted by atomic mass is 35.5. The summed E-state index contributed by atoms with van der Waals surface area (Å²) in [4.78, 5) is 39.6. The van der Waals surface area contributed by atoms with E-state index in [-0.39, 0.29) is 23.5 Å². The van der Waals surface area contributed by atoms with Crippen molar-refractivity contribution in [3.05, 3.63) is 123 Å². The number of benzene rings is 3. The smallest absolute Gasteiger partial charge is 0.252 e. The third-order valence-corrected chi connectivity index (χ3v) is 6.73. The monoisotopic (exact) mass is 528 g/mol. The molecule has 2 N–H and O–H groups in total. The summed E-state index contributed by atoms with van der Waals surface area (Å²) in [7, 11) is 1.48. The average molecular weight is 529 g/mol. The van der Waals surface area contributed by atoms with Gasteiger partial charge in [-0.25, -0.2) is 0 Å². The summed E-state index contributed by atoms with van der Waals surface area (Å²) in [6, 6.07) is 22.6. The zero-order chi connectivity index (χ0) is 27.2. The number of ketones is 2. The summed E-state index contributed by atoms with van der Waals surface area (Å²) in [5.41, 5.74) is 9.42. The third kappa shape index (κ3) is 6.10. The third-order valence-electron chi connectivity index (χ3n) is 6.50. The molecule has 38 heavy (non-hydrogen) atoms. The molecule has 4 rings (SSSR count). The van der Waals surface area contributed by atoms with Gasteiger partial charge in [0.25, 0.3) is 5.56 Å². The first-order chi connectivity index (χ1) is 18.3. The second-order valence-electron chi connectivity index (χ2n) is 9.12. The van der Waals surface area contributed by atoms with Crippen LogP contribution in [0.3, 0.4) is 0 Å². The van der Waals surface area contributed by atoms with Gasteiger partial charge in [0.05, 0.1) is 19.3 Å². The predicted molar refractivity (Wildman–Crippen MR) is 150 cm³/mol. The van der Waals surface area contributed by atoms with Gasteiger partial charge in [-0.1, -0.05) is 66.2 Å². The highest BCUT2D eigenvalue weighted by Gasteiger charge is 2.25. The van der Waals surface area contributed by atoms with E-state index in [2.05, 4.69) is 0 Å². The fourth-order valence-corrected chi connectivity index (χ4v) is 4.75. The minimum Gasteiger partial charge on any atom is -0.495 e. The Hall–Kier alpha value is -4.00. The van der Waals surface area contributed by atoms with E-state index in [1.807, 2.05) is 54.6 Å². The quantitative estimate of drug-likeness (QED) is 0.277. The maximum absolute atomic E-state index is 13.7. The minimum atomic E-state index is -0.777. The Bertz CT molecular complexity index is 1530. The Labute approximate surface area is 226 Å². The molecule has 1 aromatic heterocycles. The lowest BCUT2D eigenvalue weighted by atomic mass is 9.95. The molecular formula is C31H29ClN2O4. The highest BCUT2D eigenvalue weighted by Crippen LogP contribution is 2.34. The van der Waals surface area contributed by atoms with Gasteiger partial charge in [-0.05, 0) is 47.4 Å². The van der Waals surface area contributed by atoms with Crippen molar-refractivity contribution >= 4 is 23.2 Å². The van der Waals surface area contributed by atoms with E-state index >= 15 is 0 Å². The van der Waals surface area contributed by atoms with Crippen molar-refractivity contribution in [1.29, 1.82) is 0 Å². The number of pyridine rings is 1. The molecule has 0 fully saturated rings. The number of aromatic nitrogens is 1. The number of nitrogens with two attached hydrogens (primary N) is 1. The van der Waals surface area contributed by atoms with Crippen molar-refractivity contribution in [2.45, 2.75) is 32.4 Å². The van der Waals surface area contributed by atoms with E-state index in [1.54, 1.807) is 24.4 Å². The van der Waals surface area contributed by atoms with Crippen molar-refractivity contribution in [3.63, 3.8) is 0 Å². The lowest BCUT2D eigenvalue weighted by Crippen LogP contribution is -2.32. The number of ether oxygens (including phenoxy) is 1. The average Bonchev–Trinajstić information content (AvgIpc) is 2.92. The minimum absolute atomic E-state index is 0.118. The number of carbonyl (C=O) groups is 2. The molecule has 0 amide bonds. The highest BCUT2D eigenvalue weighted by molar-refractivity contribution is 6.31. The molecule has 0 aliphatic carbocycles. The molecule has 0 saturated carbocycles. The summed E-state index contributed by atoms with van der Waals surface area (Å²) < 4.78 is 7.08. The second-order valence-corrected chi connectivity index (χ2v) is 9.56. The molecule has 0 aliphatic heterocycles. The van der Waals surface area contributed by atoms with Crippen molar-refractivity contribution in [2.24, 2.45) is 5.73 Å². The topological polar surface area (TPSA) is 91.4 Å². The normalized spacial score (nSPS) is 11.7. The molecule has 7 heteroatoms. The van der Waals surface area contributed by atoms with Gasteiger partial charge >= 0.3 is 0 Å². The van der Waals surface area contributed by atoms with Gasteiger partial charge in [0.15, 0.2) is 11.6 Å². The number of methoxy groups -OCH3 is 1. The maximum atomic E-state index is 13.7. The second kappa shape index (κ2) is 12.0. The van der Waals surface area contributed by atoms with Crippen LogP contribution in [0.5, 0.6) is 5.75 Å². The molecule has 4 aromatic rings. The van der Waals surface area contributed by atoms with E-state index in [9.17, 15) is 14.4 Å². The molecule has 0 bridgehead atoms. The van der Waals surface area contributed by atoms with Crippen LogP contribution >= 0.6 is 11.6 Å². The van der Waals surface area contributed by atoms with Crippen molar-refractivity contribution in [1.82, 2.24) is 4.57 Å². The number of nitrogens with zero attached hydrogens (tertiary/aromatic N) is 1. The first-order valence-electron chi connectivity index (χ1n) is 12.3. The Balaban J connectivity index is 1.81. The van der Waals surface area contributed by atoms with E-state index < -0.39 is 6.04 Å². The first kappa shape index (κ1) is 27.0. The molecule has 194 valence electrons. The van der Waals surface area contributed by atoms with Gasteiger partial charge in [0.2, 0.25) is 0 Å². The Morgan fingerprint density at radius 2 is 1.63 bits per heavy atom. The number of Topliss-reactive ketones (excluding diaryl/α,β-unsaturated/α-hetero) is 2. The van der Waals surface area contributed by atoms with Crippen LogP contribution in [0.15, 0.2) is 89.9 Å². The fourth-order valence-electron chi connectivity index (χ4n) is 4.58. The van der Waals surface area contributed by atoms with Crippen LogP contribution < -0.4 is 16.0 Å². The molecule has 0 spiro atoms. The Morgan fingerprint density at radius 3 is 2.32 bits per heavy atom. The fraction of sp³-hybridized carbons (Fsp3) is 0.194. The van der Waals surface area contributed by atoms with Crippen LogP contribution in [0.4, 0.5) is 0 Å². The molecule has 0 aliphatic rings. The van der Waals surface area contributed by atoms with Gasteiger partial charge in [0, 0.05) is 41.6 Å². The lowest BCUT2D eigenvalue weighted by Gasteiger charge is -2.22. The molecule has 0 radical (unpaired) electrons. The van der Waals surface area contributed by atoms with E-state index in [1.165, 1.54) is 24.7 Å². The maximum Gasteiger partial charge on any atom is 0.252 e. The standard InChI is InChI=1S/C31H29ClN2O4/c1-20(35)25-12-11-24(32)16-26(25)27-17-31(37)34(19-30(27)38-2)28(14-21-7-4-3-5-8-21)29(36)15-22-9-6-10-23(13-22)18-33/h3-13,16-17,19,28H,14-15,18,33H2,1-2H3. The Morgan fingerprint density at radius 1 is 0.921 bits per heavy atom. The van der Waals surface area contributed by atoms with E-state index in [4.69, 9.17) is 22.1 Å². The zero-order valence-electron chi connectivity index (χ0n) is 21.3. The lowest BCUT2D eigenvalue weighted by molar-refractivity contribution is -0.121. The van der Waals surface area contributed by atoms with Crippen molar-refractivity contribution < 1.29 is 14.3 Å². The van der Waals surface area contributed by atoms with Crippen LogP contribution in [0.2, 0.25) is 5.02 Å². The van der Waals surface area contributed by atoms with Crippen LogP contribution in [0.1, 0.15) is 40.0 Å². The molecule has 3 aromatic carbocycles. The molecule has 1 atom stereocenters. The summed E-state index contributed by atoms with van der Waals surface area (Å²) in [5.74, 6) is 0.0669. The SMILES string of the molecule is COc1cn(C(Cc2ccccc2)C(=O)Cc2cccc(CN)c2)c(=O)cc1-c1cc(Cl)ccc1C(C)=O. The summed E-state index contributed by atoms with van der Waals surface area (Å²) in [5, 5.41) is 0.424. The zero-order valence-corrected chi connectivity index (χ0v) is 22.1. The van der Waals surface area contributed by atoms with E-state index in [0.717, 1.165) is 16.7 Å². The van der Waals surface area contributed by atoms with Crippen LogP contribution in [-0.4, -0.2) is 23.2 Å². The van der Waals surface area contributed by atoms with Crippen LogP contribution in [0, 0.1) is 0 Å². The van der Waals surface area contributed by atoms with Gasteiger partial charge in [-0.15, -0.1) is 0 Å². The van der Waals surface area contributed by atoms with Gasteiger partial charge in [0.1, 0.15) is 5.75 Å². The predicted octanol–water partition coefficient (Wildman–Crippen LogP) is 5.43. The van der Waals surface area contributed by atoms with Crippen molar-refractivity contribution in [2.75, 3.05) is 7.11 Å². The number of carbonyl (C=O) groups excluding carboxylic acids is 2. The first-order valence-corrected chi connectivity index (χ1v) is 12.6. The number of rotatable bonds is 10. The van der Waals surface area contributed by atoms with Crippen molar-refractivity contribution in [3.8, 4) is 16.9 Å². The number of halogens is 1. The van der Waals surface area contributed by atoms with Crippen LogP contribution in [-0.2, 0) is 24.2 Å². The van der Waals surface area contributed by atoms with Gasteiger partial charge in [-0.3, -0.25) is 14.4 Å². The van der Waals surface area contributed by atoms with Gasteiger partial charge < -0.3 is 15.0 Å². The summed E-state index contributed by atoms with van der Waals surface area (Å²) in [6.45, 7) is 1.83. The number of hydrogen-bond donors (Lipinski definition) is 1. The number of hydrogen-bond acceptors (Lipinski definition) is 5. The van der Waals surface area contributed by atoms with E-state index in [0.29, 0.717) is 40.4 Å². The Kier molecular flexibility index (Phi) is 8.56. The van der Waals surface area contributed by atoms with Gasteiger partial charge in [-0.2, -0.15) is 0 Å².